The fourth-order valence-electron chi connectivity index (χ4n) is 3.63. The Labute approximate surface area is 147 Å². The number of H-pyrrole nitrogens is 1. The van der Waals surface area contributed by atoms with Gasteiger partial charge in [-0.05, 0) is 31.9 Å². The number of fused-ring (bicyclic) bond motifs is 1. The average Bonchev–Trinajstić information content (AvgIpc) is 3.27. The molecule has 1 aromatic carbocycles. The lowest BCUT2D eigenvalue weighted by Gasteiger charge is -2.36. The Morgan fingerprint density at radius 2 is 2.20 bits per heavy atom. The number of nitrogens with one attached hydrogen (secondary N) is 1. The molecule has 25 heavy (non-hydrogen) atoms. The number of aryl methyl sites for hydroxylation is 1. The number of rotatable bonds is 3. The van der Waals surface area contributed by atoms with Crippen LogP contribution in [0.25, 0.3) is 0 Å². The lowest BCUT2D eigenvalue weighted by Crippen LogP contribution is -2.51. The first kappa shape index (κ1) is 16.2. The first-order chi connectivity index (χ1) is 12.1. The van der Waals surface area contributed by atoms with E-state index in [0.29, 0.717) is 19.0 Å². The normalized spacial score (nSPS) is 22.0. The van der Waals surface area contributed by atoms with E-state index in [1.54, 1.807) is 0 Å². The van der Waals surface area contributed by atoms with Gasteiger partial charge in [-0.1, -0.05) is 18.2 Å². The van der Waals surface area contributed by atoms with Crippen molar-refractivity contribution in [2.24, 2.45) is 0 Å². The van der Waals surface area contributed by atoms with E-state index in [1.165, 1.54) is 5.56 Å². The van der Waals surface area contributed by atoms with Crippen LogP contribution in [-0.4, -0.2) is 58.3 Å². The lowest BCUT2D eigenvalue weighted by atomic mass is 10.1. The molecule has 7 nitrogen and oxygen atoms in total. The Morgan fingerprint density at radius 3 is 3.00 bits per heavy atom. The molecule has 2 aliphatic heterocycles. The van der Waals surface area contributed by atoms with Crippen molar-refractivity contribution in [1.29, 1.82) is 0 Å². The molecule has 3 heterocycles. The number of hydrogen-bond acceptors (Lipinski definition) is 5. The molecule has 1 N–H and O–H groups in total. The van der Waals surface area contributed by atoms with E-state index in [9.17, 15) is 4.79 Å². The van der Waals surface area contributed by atoms with E-state index >= 15 is 0 Å². The van der Waals surface area contributed by atoms with Crippen LogP contribution >= 0.6 is 0 Å². The fraction of sp³-hybridized carbons (Fsp3) is 0.500. The number of hydrogen-bond donors (Lipinski definition) is 1. The first-order valence-electron chi connectivity index (χ1n) is 8.77. The van der Waals surface area contributed by atoms with Gasteiger partial charge in [-0.25, -0.2) is 4.98 Å². The average molecular weight is 341 g/mol. The molecule has 2 atom stereocenters. The minimum atomic E-state index is -0.197. The second kappa shape index (κ2) is 6.57. The molecule has 0 unspecified atom stereocenters. The van der Waals surface area contributed by atoms with Crippen LogP contribution in [0.1, 0.15) is 30.2 Å². The van der Waals surface area contributed by atoms with E-state index in [4.69, 9.17) is 4.74 Å². The van der Waals surface area contributed by atoms with E-state index in [-0.39, 0.29) is 18.1 Å². The van der Waals surface area contributed by atoms with Crippen molar-refractivity contribution in [2.75, 3.05) is 31.1 Å². The van der Waals surface area contributed by atoms with Crippen LogP contribution in [0.3, 0.4) is 0 Å². The van der Waals surface area contributed by atoms with Crippen molar-refractivity contribution in [2.45, 2.75) is 32.4 Å². The summed E-state index contributed by atoms with van der Waals surface area (Å²) in [7, 11) is 0. The molecule has 0 spiro atoms. The topological polar surface area (TPSA) is 74.3 Å². The number of benzene rings is 1. The van der Waals surface area contributed by atoms with Gasteiger partial charge >= 0.3 is 0 Å². The highest BCUT2D eigenvalue weighted by Crippen LogP contribution is 2.29. The molecule has 132 valence electrons. The third kappa shape index (κ3) is 3.05. The molecule has 1 aromatic heterocycles. The molecule has 1 amide bonds. The number of aromatic nitrogens is 3. The zero-order chi connectivity index (χ0) is 17.4. The van der Waals surface area contributed by atoms with Crippen molar-refractivity contribution in [3.05, 3.63) is 41.5 Å². The van der Waals surface area contributed by atoms with Crippen molar-refractivity contribution in [3.63, 3.8) is 0 Å². The number of nitrogens with zero attached hydrogens (tertiary/aromatic N) is 4. The zero-order valence-electron chi connectivity index (χ0n) is 14.6. The summed E-state index contributed by atoms with van der Waals surface area (Å²) in [5, 5.41) is 7.06. The zero-order valence-corrected chi connectivity index (χ0v) is 14.6. The number of anilines is 1. The molecule has 0 saturated carbocycles. The number of carbonyl (C=O) groups excluding carboxylic acids is 1. The van der Waals surface area contributed by atoms with Crippen LogP contribution in [0.15, 0.2) is 24.3 Å². The molecule has 1 saturated heterocycles. The second-order valence-corrected chi connectivity index (χ2v) is 6.68. The van der Waals surface area contributed by atoms with E-state index in [1.807, 2.05) is 36.9 Å². The molecule has 4 rings (SSSR count). The largest absolute Gasteiger partial charge is 0.367 e. The van der Waals surface area contributed by atoms with Crippen LogP contribution < -0.4 is 4.90 Å². The highest BCUT2D eigenvalue weighted by Gasteiger charge is 2.34. The number of amides is 1. The first-order valence-corrected chi connectivity index (χ1v) is 8.77. The van der Waals surface area contributed by atoms with Crippen LogP contribution in [0.2, 0.25) is 0 Å². The molecular formula is C18H23N5O2. The van der Waals surface area contributed by atoms with Crippen LogP contribution in [0.4, 0.5) is 5.69 Å². The summed E-state index contributed by atoms with van der Waals surface area (Å²) in [6.45, 7) is 6.55. The Bertz CT molecular complexity index is 774. The number of para-hydroxylation sites is 1. The molecule has 0 radical (unpaired) electrons. The van der Waals surface area contributed by atoms with Gasteiger partial charge in [0.2, 0.25) is 5.91 Å². The predicted octanol–water partition coefficient (Wildman–Crippen LogP) is 1.46. The number of carbonyl (C=O) groups is 1. The van der Waals surface area contributed by atoms with Crippen molar-refractivity contribution >= 4 is 11.6 Å². The van der Waals surface area contributed by atoms with Gasteiger partial charge in [-0.15, -0.1) is 0 Å². The molecule has 7 heteroatoms. The summed E-state index contributed by atoms with van der Waals surface area (Å²) < 4.78 is 5.81. The standard InChI is InChI=1S/C18H23N5O2/c1-12(18(24)23-8-7-14-5-3-4-6-15(14)23)22-9-10-25-16(11-22)17-19-13(2)20-21-17/h3-6,12,16H,7-11H2,1-2H3,(H,19,20,21)/t12-,16+/m1/s1. The van der Waals surface area contributed by atoms with Gasteiger partial charge in [0, 0.05) is 25.3 Å². The minimum absolute atomic E-state index is 0.150. The fourth-order valence-corrected chi connectivity index (χ4v) is 3.63. The highest BCUT2D eigenvalue weighted by atomic mass is 16.5. The van der Waals surface area contributed by atoms with Gasteiger partial charge in [-0.3, -0.25) is 14.8 Å². The number of morpholine rings is 1. The van der Waals surface area contributed by atoms with Crippen molar-refractivity contribution in [3.8, 4) is 0 Å². The summed E-state index contributed by atoms with van der Waals surface area (Å²) in [5.41, 5.74) is 2.30. The van der Waals surface area contributed by atoms with E-state index in [0.717, 1.165) is 31.0 Å². The summed E-state index contributed by atoms with van der Waals surface area (Å²) in [6, 6.07) is 7.96. The number of aromatic amines is 1. The summed E-state index contributed by atoms with van der Waals surface area (Å²) >= 11 is 0. The van der Waals surface area contributed by atoms with Crippen LogP contribution in [0.5, 0.6) is 0 Å². The molecular weight excluding hydrogens is 318 g/mol. The summed E-state index contributed by atoms with van der Waals surface area (Å²) in [4.78, 5) is 21.5. The Hall–Kier alpha value is -2.25. The molecule has 0 aliphatic carbocycles. The maximum absolute atomic E-state index is 13.1. The molecule has 0 bridgehead atoms. The van der Waals surface area contributed by atoms with Gasteiger partial charge < -0.3 is 9.64 Å². The third-order valence-electron chi connectivity index (χ3n) is 5.06. The van der Waals surface area contributed by atoms with Crippen LogP contribution in [0, 0.1) is 6.92 Å². The maximum atomic E-state index is 13.1. The number of ether oxygens (including phenoxy) is 1. The van der Waals surface area contributed by atoms with Gasteiger partial charge in [0.05, 0.1) is 12.6 Å². The van der Waals surface area contributed by atoms with E-state index < -0.39 is 0 Å². The quantitative estimate of drug-likeness (QED) is 0.915. The van der Waals surface area contributed by atoms with Gasteiger partial charge in [0.1, 0.15) is 11.9 Å². The van der Waals surface area contributed by atoms with Gasteiger partial charge in [-0.2, -0.15) is 5.10 Å². The minimum Gasteiger partial charge on any atom is -0.367 e. The molecule has 2 aromatic rings. The molecule has 2 aliphatic rings. The van der Waals surface area contributed by atoms with Gasteiger partial charge in [0.25, 0.3) is 0 Å². The molecule has 1 fully saturated rings. The van der Waals surface area contributed by atoms with E-state index in [2.05, 4.69) is 26.1 Å². The Kier molecular flexibility index (Phi) is 4.27. The maximum Gasteiger partial charge on any atom is 0.244 e. The lowest BCUT2D eigenvalue weighted by molar-refractivity contribution is -0.126. The summed E-state index contributed by atoms with van der Waals surface area (Å²) in [6.07, 6.45) is 0.733. The predicted molar refractivity (Wildman–Crippen MR) is 93.3 cm³/mol. The van der Waals surface area contributed by atoms with Crippen molar-refractivity contribution < 1.29 is 9.53 Å². The highest BCUT2D eigenvalue weighted by molar-refractivity contribution is 5.98. The Balaban J connectivity index is 1.47. The van der Waals surface area contributed by atoms with Crippen LogP contribution in [-0.2, 0) is 16.0 Å². The summed E-state index contributed by atoms with van der Waals surface area (Å²) in [5.74, 6) is 1.58. The van der Waals surface area contributed by atoms with Gasteiger partial charge in [0.15, 0.2) is 5.82 Å². The second-order valence-electron chi connectivity index (χ2n) is 6.68. The monoisotopic (exact) mass is 341 g/mol. The SMILES string of the molecule is Cc1nc([C@@H]2CN([C@H](C)C(=O)N3CCc4ccccc43)CCO2)n[nH]1. The Morgan fingerprint density at radius 1 is 1.36 bits per heavy atom. The smallest absolute Gasteiger partial charge is 0.244 e. The third-order valence-corrected chi connectivity index (χ3v) is 5.06. The van der Waals surface area contributed by atoms with Crippen molar-refractivity contribution in [1.82, 2.24) is 20.1 Å².